The third-order valence-corrected chi connectivity index (χ3v) is 25.6. The van der Waals surface area contributed by atoms with Gasteiger partial charge in [-0.15, -0.1) is 11.3 Å². The molecule has 4 saturated carbocycles. The number of fused-ring (bicyclic) bond motifs is 6. The lowest BCUT2D eigenvalue weighted by atomic mass is 9.36. The van der Waals surface area contributed by atoms with Crippen LogP contribution in [-0.4, -0.2) is 19.2 Å². The maximum absolute atomic E-state index is 11.6. The van der Waals surface area contributed by atoms with Gasteiger partial charge < -0.3 is 9.47 Å². The van der Waals surface area contributed by atoms with E-state index in [-0.39, 0.29) is 38.5 Å². The Balaban J connectivity index is 0.750. The van der Waals surface area contributed by atoms with Gasteiger partial charge in [-0.05, 0) is 262 Å². The Kier molecular flexibility index (Phi) is 16.0. The molecule has 4 fully saturated rings. The van der Waals surface area contributed by atoms with Crippen molar-refractivity contribution in [2.45, 2.75) is 194 Å². The summed E-state index contributed by atoms with van der Waals surface area (Å²) in [6, 6.07) is 62.9. The number of esters is 1. The second kappa shape index (κ2) is 23.8. The van der Waals surface area contributed by atoms with Crippen LogP contribution in [0, 0.1) is 28.6 Å². The maximum Gasteiger partial charge on any atom is 0.333 e. The molecule has 0 N–H and O–H groups in total. The molecule has 7 aromatic carbocycles. The molecule has 4 bridgehead atoms. The molecular formula is C85H94O3S. The van der Waals surface area contributed by atoms with Gasteiger partial charge in [0.2, 0.25) is 0 Å². The Morgan fingerprint density at radius 3 is 1.26 bits per heavy atom. The van der Waals surface area contributed by atoms with Gasteiger partial charge in [-0.25, -0.2) is 4.79 Å². The van der Waals surface area contributed by atoms with E-state index in [1.54, 1.807) is 29.2 Å². The molecule has 0 radical (unpaired) electrons. The summed E-state index contributed by atoms with van der Waals surface area (Å²) in [7, 11) is 0. The molecule has 89 heavy (non-hydrogen) atoms. The summed E-state index contributed by atoms with van der Waals surface area (Å²) in [6.45, 7) is 19.3. The van der Waals surface area contributed by atoms with Crippen molar-refractivity contribution in [1.82, 2.24) is 0 Å². The van der Waals surface area contributed by atoms with Gasteiger partial charge in [0.25, 0.3) is 0 Å². The average molecular weight is 1200 g/mol. The molecule has 4 heteroatoms. The van der Waals surface area contributed by atoms with Gasteiger partial charge >= 0.3 is 5.97 Å². The Labute approximate surface area is 536 Å². The van der Waals surface area contributed by atoms with Crippen LogP contribution in [0.4, 0.5) is 0 Å². The Morgan fingerprint density at radius 1 is 0.427 bits per heavy atom. The number of hydrogen-bond donors (Lipinski definition) is 0. The molecular weight excluding hydrogens is 1100 g/mol. The quantitative estimate of drug-likeness (QED) is 0.0433. The zero-order valence-electron chi connectivity index (χ0n) is 54.3. The van der Waals surface area contributed by atoms with Crippen LogP contribution in [0.1, 0.15) is 204 Å². The number of carbonyl (C=O) groups excluding carboxylic acids is 1. The number of rotatable bonds is 20. The van der Waals surface area contributed by atoms with E-state index >= 15 is 0 Å². The summed E-state index contributed by atoms with van der Waals surface area (Å²) in [5.41, 5.74) is 25.3. The molecule has 1 aromatic heterocycles. The zero-order valence-corrected chi connectivity index (χ0v) is 55.1. The van der Waals surface area contributed by atoms with E-state index in [0.717, 1.165) is 31.6 Å². The van der Waals surface area contributed by atoms with Gasteiger partial charge in [0.05, 0.1) is 13.2 Å². The van der Waals surface area contributed by atoms with Gasteiger partial charge in [-0.3, -0.25) is 0 Å². The van der Waals surface area contributed by atoms with E-state index in [1.807, 2.05) is 11.3 Å². The van der Waals surface area contributed by atoms with Crippen LogP contribution < -0.4 is 4.74 Å². The SMILES string of the molecule is C=C(C)C(=O)OCCCCCCCCCCOc1ccc(-c2ccc(-c3ccc4c(c3)C3(c5cc(-c6ccc7c(c6)C6(c8cc(-c9ccc(-c%10ccc(C)cc%10)cc9)ccc8-7)C7(CC)CCCC6(CC)CCC7)ccc5-4)C4(C)CCCC3(C)CCC4)s2)cc1. The molecule has 0 amide bonds. The Morgan fingerprint density at radius 2 is 0.787 bits per heavy atom. The molecule has 458 valence electrons. The highest BCUT2D eigenvalue weighted by Gasteiger charge is 2.70. The third kappa shape index (κ3) is 9.71. The van der Waals surface area contributed by atoms with Crippen molar-refractivity contribution in [3.05, 3.63) is 198 Å². The molecule has 0 atom stereocenters. The molecule has 0 saturated heterocycles. The van der Waals surface area contributed by atoms with E-state index in [9.17, 15) is 4.79 Å². The van der Waals surface area contributed by atoms with Crippen molar-refractivity contribution < 1.29 is 14.3 Å². The summed E-state index contributed by atoms with van der Waals surface area (Å²) < 4.78 is 11.5. The van der Waals surface area contributed by atoms with E-state index in [2.05, 4.69) is 199 Å². The number of unbranched alkanes of at least 4 members (excludes halogenated alkanes) is 7. The topological polar surface area (TPSA) is 35.5 Å². The minimum atomic E-state index is -0.279. The predicted octanol–water partition coefficient (Wildman–Crippen LogP) is 24.1. The van der Waals surface area contributed by atoms with Gasteiger partial charge in [-0.2, -0.15) is 0 Å². The fourth-order valence-corrected chi connectivity index (χ4v) is 21.3. The summed E-state index contributed by atoms with van der Waals surface area (Å²) in [5.74, 6) is 0.667. The first-order chi connectivity index (χ1) is 43.3. The van der Waals surface area contributed by atoms with Crippen LogP contribution >= 0.6 is 11.3 Å². The molecule has 0 aliphatic heterocycles. The summed E-state index contributed by atoms with van der Waals surface area (Å²) in [6.07, 6.45) is 27.2. The fraction of sp³-hybridized carbons (Fsp3) is 0.424. The molecule has 2 spiro atoms. The molecule has 0 unspecified atom stereocenters. The molecule has 14 rings (SSSR count). The fourth-order valence-electron chi connectivity index (χ4n) is 20.3. The highest BCUT2D eigenvalue weighted by molar-refractivity contribution is 7.18. The van der Waals surface area contributed by atoms with Crippen molar-refractivity contribution in [2.24, 2.45) is 21.7 Å². The lowest BCUT2D eigenvalue weighted by Gasteiger charge is -2.67. The zero-order chi connectivity index (χ0) is 61.2. The minimum Gasteiger partial charge on any atom is -0.494 e. The van der Waals surface area contributed by atoms with Crippen molar-refractivity contribution in [3.8, 4) is 82.3 Å². The van der Waals surface area contributed by atoms with E-state index in [0.29, 0.717) is 12.2 Å². The highest BCUT2D eigenvalue weighted by Crippen LogP contribution is 2.77. The highest BCUT2D eigenvalue weighted by atomic mass is 32.1. The van der Waals surface area contributed by atoms with E-state index in [1.165, 1.54) is 204 Å². The van der Waals surface area contributed by atoms with Gasteiger partial charge in [0, 0.05) is 26.2 Å². The van der Waals surface area contributed by atoms with Crippen LogP contribution in [0.15, 0.2) is 170 Å². The number of benzene rings is 7. The largest absolute Gasteiger partial charge is 0.494 e. The summed E-state index contributed by atoms with van der Waals surface area (Å²) in [5, 5.41) is 0. The molecule has 6 aliphatic carbocycles. The number of thiophene rings is 1. The summed E-state index contributed by atoms with van der Waals surface area (Å²) >= 11 is 1.93. The van der Waals surface area contributed by atoms with Crippen molar-refractivity contribution >= 4 is 17.3 Å². The van der Waals surface area contributed by atoms with Crippen molar-refractivity contribution in [3.63, 3.8) is 0 Å². The molecule has 3 nitrogen and oxygen atoms in total. The van der Waals surface area contributed by atoms with Gasteiger partial charge in [0.1, 0.15) is 5.75 Å². The van der Waals surface area contributed by atoms with Gasteiger partial charge in [-0.1, -0.05) is 201 Å². The van der Waals surface area contributed by atoms with Crippen molar-refractivity contribution in [2.75, 3.05) is 13.2 Å². The van der Waals surface area contributed by atoms with E-state index in [4.69, 9.17) is 9.47 Å². The standard InChI is InChI=1S/C85H94O3S/c1-8-82-48-20-50-83(9-2,51-21-49-82)85(82)75-54-64(62-28-26-61(27-29-62)60-24-22-59(5)23-25-60)32-38-71(75)72-40-34-66(56-76(72)85)65-33-39-69-70-41-35-67(57-74(70)84(73(69)55-65)80(6)44-18-46-81(84,7)47-19-45-80)78-43-42-77(89-78)63-30-36-68(37-31-63)87-52-16-14-12-10-11-13-15-17-53-88-79(86)58(3)4/h22-43,54-57H,3,8-21,44-53H2,1-2,4-7H3. The second-order valence-corrected chi connectivity index (χ2v) is 30.2. The Bertz CT molecular complexity index is 3890. The Hall–Kier alpha value is -6.75. The van der Waals surface area contributed by atoms with Crippen LogP contribution in [0.5, 0.6) is 5.75 Å². The van der Waals surface area contributed by atoms with Gasteiger partial charge in [0.15, 0.2) is 0 Å². The van der Waals surface area contributed by atoms with Crippen LogP contribution in [0.2, 0.25) is 0 Å². The first kappa shape index (κ1) is 59.8. The lowest BCUT2D eigenvalue weighted by Crippen LogP contribution is -2.61. The van der Waals surface area contributed by atoms with Crippen molar-refractivity contribution in [1.29, 1.82) is 0 Å². The smallest absolute Gasteiger partial charge is 0.333 e. The first-order valence-electron chi connectivity index (χ1n) is 34.7. The second-order valence-electron chi connectivity index (χ2n) is 29.1. The average Bonchev–Trinajstić information content (AvgIpc) is 1.60. The predicted molar refractivity (Wildman–Crippen MR) is 374 cm³/mol. The maximum atomic E-state index is 11.6. The monoisotopic (exact) mass is 1190 g/mol. The van der Waals surface area contributed by atoms with Crippen LogP contribution in [0.25, 0.3) is 76.5 Å². The normalized spacial score (nSPS) is 25.1. The molecule has 1 heterocycles. The number of carbonyl (C=O) groups is 1. The molecule has 6 aliphatic rings. The molecule has 8 aromatic rings. The van der Waals surface area contributed by atoms with E-state index < -0.39 is 0 Å². The first-order valence-corrected chi connectivity index (χ1v) is 35.5. The van der Waals surface area contributed by atoms with Crippen LogP contribution in [-0.2, 0) is 20.4 Å². The number of aryl methyl sites for hydroxylation is 1. The third-order valence-electron chi connectivity index (χ3n) is 24.4. The van der Waals surface area contributed by atoms with Crippen LogP contribution in [0.3, 0.4) is 0 Å². The number of hydrogen-bond acceptors (Lipinski definition) is 4. The minimum absolute atomic E-state index is 0.0559. The summed E-state index contributed by atoms with van der Waals surface area (Å²) in [4.78, 5) is 14.2. The number of ether oxygens (including phenoxy) is 2. The lowest BCUT2D eigenvalue weighted by molar-refractivity contribution is -0.139.